The highest BCUT2D eigenvalue weighted by molar-refractivity contribution is 6.30. The van der Waals surface area contributed by atoms with Gasteiger partial charge < -0.3 is 10.1 Å². The molecule has 0 aliphatic heterocycles. The first-order valence-corrected chi connectivity index (χ1v) is 6.76. The molecule has 0 aromatic heterocycles. The lowest BCUT2D eigenvalue weighted by Gasteiger charge is -2.09. The number of anilines is 1. The number of amides is 1. The Hall–Kier alpha value is -2.07. The number of benzene rings is 2. The zero-order valence-electron chi connectivity index (χ0n) is 11.7. The fraction of sp³-hybridized carbons (Fsp3) is 0.188. The van der Waals surface area contributed by atoms with Crippen molar-refractivity contribution in [3.63, 3.8) is 0 Å². The maximum absolute atomic E-state index is 13.6. The largest absolute Gasteiger partial charge is 0.494 e. The highest BCUT2D eigenvalue weighted by atomic mass is 35.5. The van der Waals surface area contributed by atoms with E-state index in [-0.39, 0.29) is 18.1 Å². The molecule has 0 bridgehead atoms. The van der Waals surface area contributed by atoms with Crippen molar-refractivity contribution in [1.29, 1.82) is 0 Å². The van der Waals surface area contributed by atoms with Crippen molar-refractivity contribution in [3.8, 4) is 5.75 Å². The van der Waals surface area contributed by atoms with E-state index in [9.17, 15) is 9.18 Å². The third kappa shape index (κ3) is 3.95. The summed E-state index contributed by atoms with van der Waals surface area (Å²) in [6.45, 7) is 1.86. The molecule has 0 heterocycles. The molecule has 1 amide bonds. The van der Waals surface area contributed by atoms with Gasteiger partial charge in [0.1, 0.15) is 0 Å². The minimum absolute atomic E-state index is 0.0863. The Kier molecular flexibility index (Phi) is 4.81. The van der Waals surface area contributed by atoms with Crippen molar-refractivity contribution in [2.24, 2.45) is 0 Å². The zero-order valence-corrected chi connectivity index (χ0v) is 12.5. The topological polar surface area (TPSA) is 38.3 Å². The summed E-state index contributed by atoms with van der Waals surface area (Å²) < 4.78 is 18.4. The fourth-order valence-corrected chi connectivity index (χ4v) is 2.19. The molecule has 0 atom stereocenters. The summed E-state index contributed by atoms with van der Waals surface area (Å²) in [5, 5.41) is 3.40. The third-order valence-electron chi connectivity index (χ3n) is 3.04. The van der Waals surface area contributed by atoms with Crippen LogP contribution in [0.2, 0.25) is 5.02 Å². The van der Waals surface area contributed by atoms with Crippen molar-refractivity contribution in [2.45, 2.75) is 13.3 Å². The molecule has 0 radical (unpaired) electrons. The van der Waals surface area contributed by atoms with Crippen LogP contribution in [-0.4, -0.2) is 13.0 Å². The summed E-state index contributed by atoms with van der Waals surface area (Å²) in [6.07, 6.45) is 0.0863. The van der Waals surface area contributed by atoms with Crippen LogP contribution in [0.15, 0.2) is 36.4 Å². The van der Waals surface area contributed by atoms with Gasteiger partial charge >= 0.3 is 0 Å². The molecule has 0 aliphatic rings. The highest BCUT2D eigenvalue weighted by Crippen LogP contribution is 2.21. The number of carbonyl (C=O) groups excluding carboxylic acids is 1. The molecule has 0 fully saturated rings. The Labute approximate surface area is 127 Å². The molecule has 0 aliphatic carbocycles. The van der Waals surface area contributed by atoms with Crippen LogP contribution < -0.4 is 10.1 Å². The number of hydrogen-bond donors (Lipinski definition) is 1. The molecule has 0 saturated carbocycles. The summed E-state index contributed by atoms with van der Waals surface area (Å²) in [5.74, 6) is -0.539. The van der Waals surface area contributed by atoms with Crippen LogP contribution in [0.5, 0.6) is 5.75 Å². The van der Waals surface area contributed by atoms with E-state index < -0.39 is 5.82 Å². The first-order valence-electron chi connectivity index (χ1n) is 6.38. The zero-order chi connectivity index (χ0) is 15.4. The lowest BCUT2D eigenvalue weighted by Crippen LogP contribution is -2.15. The number of aryl methyl sites for hydroxylation is 1. The van der Waals surface area contributed by atoms with Gasteiger partial charge in [0, 0.05) is 10.7 Å². The summed E-state index contributed by atoms with van der Waals surface area (Å²) in [7, 11) is 1.40. The van der Waals surface area contributed by atoms with E-state index in [0.29, 0.717) is 16.3 Å². The van der Waals surface area contributed by atoms with Crippen molar-refractivity contribution >= 4 is 23.2 Å². The quantitative estimate of drug-likeness (QED) is 0.928. The van der Waals surface area contributed by atoms with E-state index in [1.54, 1.807) is 24.3 Å². The molecular formula is C16H15ClFNO2. The molecule has 0 spiro atoms. The number of ether oxygens (including phenoxy) is 1. The molecule has 2 rings (SSSR count). The smallest absolute Gasteiger partial charge is 0.228 e. The van der Waals surface area contributed by atoms with Gasteiger partial charge in [-0.3, -0.25) is 4.79 Å². The first kappa shape index (κ1) is 15.3. The van der Waals surface area contributed by atoms with E-state index in [1.165, 1.54) is 19.2 Å². The molecular weight excluding hydrogens is 293 g/mol. The Morgan fingerprint density at radius 2 is 2.05 bits per heavy atom. The molecule has 2 aromatic carbocycles. The average molecular weight is 308 g/mol. The van der Waals surface area contributed by atoms with E-state index in [2.05, 4.69) is 5.32 Å². The number of halogens is 2. The van der Waals surface area contributed by atoms with Gasteiger partial charge in [0.25, 0.3) is 0 Å². The van der Waals surface area contributed by atoms with Gasteiger partial charge in [0.15, 0.2) is 11.6 Å². The normalized spacial score (nSPS) is 10.3. The first-order chi connectivity index (χ1) is 9.99. The molecule has 1 N–H and O–H groups in total. The minimum atomic E-state index is -0.481. The van der Waals surface area contributed by atoms with Crippen LogP contribution in [0.25, 0.3) is 0 Å². The van der Waals surface area contributed by atoms with Crippen molar-refractivity contribution in [3.05, 3.63) is 58.4 Å². The number of hydrogen-bond acceptors (Lipinski definition) is 2. The predicted octanol–water partition coefficient (Wildman–Crippen LogP) is 3.98. The van der Waals surface area contributed by atoms with Gasteiger partial charge in [0.05, 0.1) is 13.5 Å². The van der Waals surface area contributed by atoms with E-state index in [4.69, 9.17) is 16.3 Å². The van der Waals surface area contributed by atoms with Gasteiger partial charge in [-0.05, 0) is 48.4 Å². The third-order valence-corrected chi connectivity index (χ3v) is 3.28. The monoisotopic (exact) mass is 307 g/mol. The van der Waals surface area contributed by atoms with Crippen molar-refractivity contribution < 1.29 is 13.9 Å². The SMILES string of the molecule is COc1ccc(CC(=O)Nc2ccc(Cl)cc2C)cc1F. The maximum atomic E-state index is 13.6. The highest BCUT2D eigenvalue weighted by Gasteiger charge is 2.09. The Morgan fingerprint density at radius 1 is 1.29 bits per heavy atom. The summed E-state index contributed by atoms with van der Waals surface area (Å²) in [5.41, 5.74) is 2.15. The fourth-order valence-electron chi connectivity index (χ4n) is 1.97. The number of methoxy groups -OCH3 is 1. The van der Waals surface area contributed by atoms with Crippen LogP contribution in [0, 0.1) is 12.7 Å². The van der Waals surface area contributed by atoms with E-state index >= 15 is 0 Å². The summed E-state index contributed by atoms with van der Waals surface area (Å²) >= 11 is 5.86. The lowest BCUT2D eigenvalue weighted by atomic mass is 10.1. The molecule has 0 saturated heterocycles. The van der Waals surface area contributed by atoms with Gasteiger partial charge in [0.2, 0.25) is 5.91 Å². The van der Waals surface area contributed by atoms with E-state index in [0.717, 1.165) is 5.56 Å². The Morgan fingerprint density at radius 3 is 2.67 bits per heavy atom. The average Bonchev–Trinajstić information content (AvgIpc) is 2.42. The van der Waals surface area contributed by atoms with Gasteiger partial charge in [-0.2, -0.15) is 0 Å². The van der Waals surface area contributed by atoms with Crippen molar-refractivity contribution in [2.75, 3.05) is 12.4 Å². The molecule has 0 unspecified atom stereocenters. The van der Waals surface area contributed by atoms with Gasteiger partial charge in [-0.25, -0.2) is 4.39 Å². The molecule has 110 valence electrons. The number of rotatable bonds is 4. The van der Waals surface area contributed by atoms with Crippen molar-refractivity contribution in [1.82, 2.24) is 0 Å². The Bertz CT molecular complexity index is 673. The second-order valence-corrected chi connectivity index (χ2v) is 5.09. The Balaban J connectivity index is 2.06. The molecule has 3 nitrogen and oxygen atoms in total. The number of nitrogens with one attached hydrogen (secondary N) is 1. The predicted molar refractivity (Wildman–Crippen MR) is 81.5 cm³/mol. The minimum Gasteiger partial charge on any atom is -0.494 e. The van der Waals surface area contributed by atoms with Crippen LogP contribution >= 0.6 is 11.6 Å². The standard InChI is InChI=1S/C16H15ClFNO2/c1-10-7-12(17)4-5-14(10)19-16(20)9-11-3-6-15(21-2)13(18)8-11/h3-8H,9H2,1-2H3,(H,19,20). The van der Waals surface area contributed by atoms with Gasteiger partial charge in [-0.15, -0.1) is 0 Å². The maximum Gasteiger partial charge on any atom is 0.228 e. The molecule has 5 heteroatoms. The van der Waals surface area contributed by atoms with E-state index in [1.807, 2.05) is 6.92 Å². The van der Waals surface area contributed by atoms with Crippen LogP contribution in [0.1, 0.15) is 11.1 Å². The number of carbonyl (C=O) groups is 1. The van der Waals surface area contributed by atoms with Gasteiger partial charge in [-0.1, -0.05) is 17.7 Å². The van der Waals surface area contributed by atoms with Crippen LogP contribution in [-0.2, 0) is 11.2 Å². The second-order valence-electron chi connectivity index (χ2n) is 4.65. The second kappa shape index (κ2) is 6.59. The molecule has 2 aromatic rings. The van der Waals surface area contributed by atoms with Crippen LogP contribution in [0.3, 0.4) is 0 Å². The molecule has 21 heavy (non-hydrogen) atoms. The lowest BCUT2D eigenvalue weighted by molar-refractivity contribution is -0.115. The van der Waals surface area contributed by atoms with Crippen LogP contribution in [0.4, 0.5) is 10.1 Å². The summed E-state index contributed by atoms with van der Waals surface area (Å²) in [6, 6.07) is 9.68. The summed E-state index contributed by atoms with van der Waals surface area (Å²) in [4.78, 5) is 12.0.